The van der Waals surface area contributed by atoms with Crippen molar-refractivity contribution in [2.75, 3.05) is 25.0 Å². The highest BCUT2D eigenvalue weighted by Crippen LogP contribution is 2.29. The molecule has 0 aliphatic carbocycles. The zero-order valence-electron chi connectivity index (χ0n) is 15.3. The molecule has 1 heterocycles. The second kappa shape index (κ2) is 11.9. The molecule has 0 saturated carbocycles. The summed E-state index contributed by atoms with van der Waals surface area (Å²) in [5.41, 5.74) is -0.450. The van der Waals surface area contributed by atoms with Crippen LogP contribution in [-0.2, 0) is 17.4 Å². The lowest BCUT2D eigenvalue weighted by Crippen LogP contribution is -2.39. The number of anilines is 1. The number of halogens is 5. The summed E-state index contributed by atoms with van der Waals surface area (Å²) in [4.78, 5) is 19.6. The van der Waals surface area contributed by atoms with Crippen molar-refractivity contribution in [2.24, 2.45) is 4.99 Å². The van der Waals surface area contributed by atoms with E-state index in [1.54, 1.807) is 0 Å². The number of guanidine groups is 1. The minimum Gasteiger partial charge on any atom is -0.357 e. The molecule has 0 spiro atoms. The molecule has 0 atom stereocenters. The summed E-state index contributed by atoms with van der Waals surface area (Å²) >= 11 is 0.940. The number of benzene rings is 1. The van der Waals surface area contributed by atoms with Crippen LogP contribution < -0.4 is 16.0 Å². The van der Waals surface area contributed by atoms with Gasteiger partial charge in [0.1, 0.15) is 12.4 Å². The van der Waals surface area contributed by atoms with Gasteiger partial charge in [0.25, 0.3) is 0 Å². The van der Waals surface area contributed by atoms with Gasteiger partial charge in [0, 0.05) is 30.6 Å². The largest absolute Gasteiger partial charge is 0.434 e. The van der Waals surface area contributed by atoms with Crippen molar-refractivity contribution in [3.63, 3.8) is 0 Å². The fourth-order valence-electron chi connectivity index (χ4n) is 2.07. The maximum atomic E-state index is 12.9. The summed E-state index contributed by atoms with van der Waals surface area (Å²) in [6.07, 6.45) is -4.16. The Morgan fingerprint density at radius 2 is 1.90 bits per heavy atom. The fourth-order valence-corrected chi connectivity index (χ4v) is 2.88. The average Bonchev–Trinajstić information content (AvgIpc) is 3.11. The second-order valence-electron chi connectivity index (χ2n) is 5.55. The third kappa shape index (κ3) is 8.94. The Kier molecular flexibility index (Phi) is 10.3. The first-order valence-electron chi connectivity index (χ1n) is 8.37. The van der Waals surface area contributed by atoms with Crippen LogP contribution in [0.1, 0.15) is 17.6 Å². The van der Waals surface area contributed by atoms with Gasteiger partial charge in [-0.1, -0.05) is 0 Å². The molecular formula is C17H20F4IN5OS. The quantitative estimate of drug-likeness (QED) is 0.215. The molecule has 29 heavy (non-hydrogen) atoms. The zero-order valence-corrected chi connectivity index (χ0v) is 18.5. The maximum Gasteiger partial charge on any atom is 0.434 e. The highest BCUT2D eigenvalue weighted by molar-refractivity contribution is 14.0. The summed E-state index contributed by atoms with van der Waals surface area (Å²) in [5, 5.41) is 9.79. The number of carbonyl (C=O) groups excluding carboxylic acids is 1. The molecule has 1 aromatic heterocycles. The van der Waals surface area contributed by atoms with Gasteiger partial charge in [0.15, 0.2) is 11.7 Å². The van der Waals surface area contributed by atoms with Crippen LogP contribution in [0.3, 0.4) is 0 Å². The van der Waals surface area contributed by atoms with Crippen molar-refractivity contribution in [2.45, 2.75) is 19.5 Å². The normalized spacial score (nSPS) is 11.6. The number of hydrogen-bond acceptors (Lipinski definition) is 4. The van der Waals surface area contributed by atoms with Crippen molar-refractivity contribution in [1.29, 1.82) is 0 Å². The minimum atomic E-state index is -4.45. The molecule has 0 aliphatic rings. The Bertz CT molecular complexity index is 811. The standard InChI is InChI=1S/C17H19F4N5OS.HI/c1-2-22-16(23-8-7-15-26-13(10-28-15)17(19,20)21)24-9-14(27)25-12-5-3-11(18)4-6-12;/h3-6,10H,2,7-9H2,1H3,(H,25,27)(H2,22,23,24);1H. The number of rotatable bonds is 7. The number of nitrogens with zero attached hydrogens (tertiary/aromatic N) is 2. The van der Waals surface area contributed by atoms with E-state index < -0.39 is 23.6 Å². The molecular weight excluding hydrogens is 525 g/mol. The van der Waals surface area contributed by atoms with E-state index in [2.05, 4.69) is 25.9 Å². The van der Waals surface area contributed by atoms with Gasteiger partial charge in [-0.25, -0.2) is 14.4 Å². The maximum absolute atomic E-state index is 12.9. The Hall–Kier alpha value is -1.96. The van der Waals surface area contributed by atoms with Crippen molar-refractivity contribution >= 4 is 52.9 Å². The molecule has 0 unspecified atom stereocenters. The van der Waals surface area contributed by atoms with Gasteiger partial charge in [-0.15, -0.1) is 35.3 Å². The molecule has 0 radical (unpaired) electrons. The number of carbonyl (C=O) groups is 1. The lowest BCUT2D eigenvalue weighted by molar-refractivity contribution is -0.140. The predicted molar refractivity (Wildman–Crippen MR) is 115 cm³/mol. The molecule has 0 bridgehead atoms. The van der Waals surface area contributed by atoms with Crippen LogP contribution in [0.15, 0.2) is 34.6 Å². The van der Waals surface area contributed by atoms with E-state index in [1.807, 2.05) is 6.92 Å². The Balaban J connectivity index is 0.00000420. The van der Waals surface area contributed by atoms with Crippen molar-refractivity contribution in [1.82, 2.24) is 15.6 Å². The van der Waals surface area contributed by atoms with Gasteiger partial charge in [-0.05, 0) is 31.2 Å². The summed E-state index contributed by atoms with van der Waals surface area (Å²) in [6, 6.07) is 5.33. The molecule has 2 aromatic rings. The molecule has 2 rings (SSSR count). The molecule has 3 N–H and O–H groups in total. The Morgan fingerprint density at radius 3 is 2.48 bits per heavy atom. The van der Waals surface area contributed by atoms with Crippen LogP contribution in [0, 0.1) is 5.82 Å². The third-order valence-electron chi connectivity index (χ3n) is 3.33. The number of alkyl halides is 3. The number of aromatic nitrogens is 1. The molecule has 0 fully saturated rings. The van der Waals surface area contributed by atoms with Crippen LogP contribution in [0.25, 0.3) is 0 Å². The van der Waals surface area contributed by atoms with E-state index in [0.29, 0.717) is 29.7 Å². The SMILES string of the molecule is CCNC(=NCC(=O)Nc1ccc(F)cc1)NCCc1nc(C(F)(F)F)cs1.I. The van der Waals surface area contributed by atoms with E-state index in [9.17, 15) is 22.4 Å². The predicted octanol–water partition coefficient (Wildman–Crippen LogP) is 3.66. The van der Waals surface area contributed by atoms with Crippen molar-refractivity contribution in [3.05, 3.63) is 46.2 Å². The molecule has 0 saturated heterocycles. The number of thiazole rings is 1. The molecule has 1 aromatic carbocycles. The summed E-state index contributed by atoms with van der Waals surface area (Å²) < 4.78 is 50.5. The lowest BCUT2D eigenvalue weighted by Gasteiger charge is -2.10. The summed E-state index contributed by atoms with van der Waals surface area (Å²) in [7, 11) is 0. The summed E-state index contributed by atoms with van der Waals surface area (Å²) in [6.45, 7) is 2.51. The van der Waals surface area contributed by atoms with Gasteiger partial charge in [0.05, 0.1) is 5.01 Å². The fraction of sp³-hybridized carbons (Fsp3) is 0.353. The molecule has 12 heteroatoms. The van der Waals surface area contributed by atoms with Crippen LogP contribution in [0.4, 0.5) is 23.2 Å². The topological polar surface area (TPSA) is 78.4 Å². The monoisotopic (exact) mass is 545 g/mol. The minimum absolute atomic E-state index is 0. The van der Waals surface area contributed by atoms with E-state index in [4.69, 9.17) is 0 Å². The zero-order chi connectivity index (χ0) is 20.6. The third-order valence-corrected chi connectivity index (χ3v) is 4.24. The number of aliphatic imine (C=N–C) groups is 1. The highest BCUT2D eigenvalue weighted by atomic mass is 127. The van der Waals surface area contributed by atoms with Crippen LogP contribution in [-0.4, -0.2) is 36.5 Å². The molecule has 6 nitrogen and oxygen atoms in total. The smallest absolute Gasteiger partial charge is 0.357 e. The first kappa shape index (κ1) is 25.1. The average molecular weight is 545 g/mol. The van der Waals surface area contributed by atoms with Gasteiger partial charge >= 0.3 is 6.18 Å². The van der Waals surface area contributed by atoms with E-state index in [0.717, 1.165) is 16.7 Å². The Labute approximate surface area is 186 Å². The van der Waals surface area contributed by atoms with Crippen LogP contribution in [0.5, 0.6) is 0 Å². The first-order chi connectivity index (χ1) is 13.3. The lowest BCUT2D eigenvalue weighted by atomic mass is 10.3. The molecule has 1 amide bonds. The van der Waals surface area contributed by atoms with Crippen LogP contribution in [0.2, 0.25) is 0 Å². The van der Waals surface area contributed by atoms with Crippen LogP contribution >= 0.6 is 35.3 Å². The summed E-state index contributed by atoms with van der Waals surface area (Å²) in [5.74, 6) is -0.444. The number of nitrogens with one attached hydrogen (secondary N) is 3. The molecule has 160 valence electrons. The molecule has 0 aliphatic heterocycles. The first-order valence-corrected chi connectivity index (χ1v) is 9.25. The van der Waals surface area contributed by atoms with E-state index in [-0.39, 0.29) is 36.9 Å². The van der Waals surface area contributed by atoms with Gasteiger partial charge in [-0.3, -0.25) is 4.79 Å². The van der Waals surface area contributed by atoms with Crippen molar-refractivity contribution < 1.29 is 22.4 Å². The second-order valence-corrected chi connectivity index (χ2v) is 6.49. The Morgan fingerprint density at radius 1 is 1.21 bits per heavy atom. The van der Waals surface area contributed by atoms with E-state index in [1.165, 1.54) is 24.3 Å². The van der Waals surface area contributed by atoms with Gasteiger partial charge in [0.2, 0.25) is 5.91 Å². The van der Waals surface area contributed by atoms with Crippen molar-refractivity contribution in [3.8, 4) is 0 Å². The highest BCUT2D eigenvalue weighted by Gasteiger charge is 2.33. The van der Waals surface area contributed by atoms with Gasteiger partial charge < -0.3 is 16.0 Å². The van der Waals surface area contributed by atoms with Gasteiger partial charge in [-0.2, -0.15) is 13.2 Å². The van der Waals surface area contributed by atoms with E-state index >= 15 is 0 Å². The number of hydrogen-bond donors (Lipinski definition) is 3. The number of amides is 1.